The van der Waals surface area contributed by atoms with E-state index in [1.807, 2.05) is 53.1 Å². The minimum absolute atomic E-state index is 0.0423. The highest BCUT2D eigenvalue weighted by atomic mass is 16.5. The molecule has 2 bridgehead atoms. The molecule has 40 heavy (non-hydrogen) atoms. The Balaban J connectivity index is 1.13. The van der Waals surface area contributed by atoms with Crippen LogP contribution in [0.15, 0.2) is 46.9 Å². The lowest BCUT2D eigenvalue weighted by Gasteiger charge is -2.41. The number of benzene rings is 1. The fourth-order valence-electron chi connectivity index (χ4n) is 6.27. The molecule has 0 aliphatic carbocycles. The molecular weight excluding hydrogens is 508 g/mol. The van der Waals surface area contributed by atoms with E-state index in [0.29, 0.717) is 55.6 Å². The summed E-state index contributed by atoms with van der Waals surface area (Å²) in [6, 6.07) is 13.2. The Bertz CT molecular complexity index is 1340. The van der Waals surface area contributed by atoms with Gasteiger partial charge in [0, 0.05) is 43.3 Å². The number of ether oxygens (including phenoxy) is 2. The van der Waals surface area contributed by atoms with Gasteiger partial charge in [0.25, 0.3) is 11.8 Å². The lowest BCUT2D eigenvalue weighted by Crippen LogP contribution is -2.45. The van der Waals surface area contributed by atoms with Crippen LogP contribution in [-0.4, -0.2) is 77.3 Å². The monoisotopic (exact) mass is 546 g/mol. The Morgan fingerprint density at radius 3 is 2.75 bits per heavy atom. The molecule has 212 valence electrons. The lowest BCUT2D eigenvalue weighted by atomic mass is 9.75. The zero-order chi connectivity index (χ0) is 27.5. The average molecular weight is 547 g/mol. The molecule has 3 aromatic rings. The zero-order valence-corrected chi connectivity index (χ0v) is 23.2. The molecule has 3 aliphatic heterocycles. The molecule has 6 rings (SSSR count). The summed E-state index contributed by atoms with van der Waals surface area (Å²) in [5.41, 5.74) is 1.72. The average Bonchev–Trinajstić information content (AvgIpc) is 3.74. The first-order valence-electron chi connectivity index (χ1n) is 14.5. The maximum atomic E-state index is 13.3. The molecule has 9 heteroatoms. The smallest absolute Gasteiger partial charge is 0.274 e. The molecule has 9 nitrogen and oxygen atoms in total. The summed E-state index contributed by atoms with van der Waals surface area (Å²) in [7, 11) is 0. The van der Waals surface area contributed by atoms with Crippen molar-refractivity contribution in [1.29, 1.82) is 0 Å². The summed E-state index contributed by atoms with van der Waals surface area (Å²) in [6.07, 6.45) is 6.73. The van der Waals surface area contributed by atoms with E-state index >= 15 is 0 Å². The van der Waals surface area contributed by atoms with Crippen LogP contribution in [0, 0.1) is 12.3 Å². The van der Waals surface area contributed by atoms with Gasteiger partial charge in [-0.2, -0.15) is 5.10 Å². The Morgan fingerprint density at radius 1 is 1.05 bits per heavy atom. The minimum Gasteiger partial charge on any atom is -0.493 e. The van der Waals surface area contributed by atoms with Crippen molar-refractivity contribution < 1.29 is 23.5 Å². The molecule has 1 spiro atoms. The number of rotatable bonds is 2. The van der Waals surface area contributed by atoms with Crippen LogP contribution in [0.25, 0.3) is 11.5 Å². The summed E-state index contributed by atoms with van der Waals surface area (Å²) < 4.78 is 18.1. The summed E-state index contributed by atoms with van der Waals surface area (Å²) in [5.74, 6) is 2.19. The molecule has 2 amide bonds. The summed E-state index contributed by atoms with van der Waals surface area (Å²) in [6.45, 7) is 5.82. The fourth-order valence-corrected chi connectivity index (χ4v) is 6.27. The van der Waals surface area contributed by atoms with E-state index < -0.39 is 0 Å². The number of carbonyl (C=O) groups is 2. The first-order valence-corrected chi connectivity index (χ1v) is 14.5. The molecule has 0 unspecified atom stereocenters. The molecular formula is C31H38N4O5. The van der Waals surface area contributed by atoms with Gasteiger partial charge in [0.1, 0.15) is 17.2 Å². The minimum atomic E-state index is -0.0705. The van der Waals surface area contributed by atoms with Crippen LogP contribution in [0.2, 0.25) is 0 Å². The van der Waals surface area contributed by atoms with E-state index in [0.717, 1.165) is 63.0 Å². The normalized spacial score (nSPS) is 21.9. The van der Waals surface area contributed by atoms with Crippen LogP contribution in [0.4, 0.5) is 0 Å². The molecule has 1 N–H and O–H groups in total. The third-order valence-corrected chi connectivity index (χ3v) is 8.73. The van der Waals surface area contributed by atoms with Crippen LogP contribution >= 0.6 is 0 Å². The van der Waals surface area contributed by atoms with Gasteiger partial charge in [0.2, 0.25) is 0 Å². The predicted octanol–water partition coefficient (Wildman–Crippen LogP) is 5.08. The highest BCUT2D eigenvalue weighted by molar-refractivity contribution is 5.95. The number of fused-ring (bicyclic) bond motifs is 3. The van der Waals surface area contributed by atoms with Gasteiger partial charge in [-0.05, 0) is 75.8 Å². The number of nitrogens with one attached hydrogen (secondary N) is 1. The third kappa shape index (κ3) is 5.66. The second-order valence-corrected chi connectivity index (χ2v) is 11.5. The number of likely N-dealkylation sites (tertiary alicyclic amines) is 1. The number of hydrogen-bond acceptors (Lipinski definition) is 6. The van der Waals surface area contributed by atoms with Crippen molar-refractivity contribution in [3.8, 4) is 17.2 Å². The molecule has 5 heterocycles. The third-order valence-electron chi connectivity index (χ3n) is 8.73. The fraction of sp³-hybridized carbons (Fsp3) is 0.516. The highest BCUT2D eigenvalue weighted by Gasteiger charge is 2.37. The van der Waals surface area contributed by atoms with Crippen LogP contribution in [-0.2, 0) is 4.74 Å². The van der Waals surface area contributed by atoms with Crippen LogP contribution in [0.1, 0.15) is 71.6 Å². The highest BCUT2D eigenvalue weighted by Crippen LogP contribution is 2.38. The van der Waals surface area contributed by atoms with Crippen molar-refractivity contribution in [3.05, 3.63) is 59.5 Å². The number of aromatic nitrogens is 2. The number of aromatic amines is 1. The Kier molecular flexibility index (Phi) is 7.65. The molecule has 2 aromatic heterocycles. The van der Waals surface area contributed by atoms with Gasteiger partial charge in [-0.15, -0.1) is 0 Å². The molecule has 0 radical (unpaired) electrons. The lowest BCUT2D eigenvalue weighted by molar-refractivity contribution is 0.0329. The summed E-state index contributed by atoms with van der Waals surface area (Å²) in [5, 5.41) is 7.20. The van der Waals surface area contributed by atoms with Gasteiger partial charge in [-0.3, -0.25) is 14.7 Å². The van der Waals surface area contributed by atoms with Gasteiger partial charge >= 0.3 is 0 Å². The maximum absolute atomic E-state index is 13.3. The number of piperidine rings is 1. The molecule has 2 fully saturated rings. The molecule has 0 saturated carbocycles. The number of amides is 2. The second kappa shape index (κ2) is 11.5. The Hall–Kier alpha value is -3.59. The van der Waals surface area contributed by atoms with E-state index in [4.69, 9.17) is 13.9 Å². The Labute approximate surface area is 234 Å². The number of hydrogen-bond donors (Lipinski definition) is 1. The zero-order valence-electron chi connectivity index (χ0n) is 23.2. The molecule has 1 atom stereocenters. The number of aryl methyl sites for hydroxylation is 1. The first-order chi connectivity index (χ1) is 19.5. The maximum Gasteiger partial charge on any atom is 0.274 e. The van der Waals surface area contributed by atoms with Gasteiger partial charge in [0.05, 0.1) is 19.3 Å². The molecule has 2 saturated heterocycles. The number of carbonyl (C=O) groups excluding carboxylic acids is 2. The van der Waals surface area contributed by atoms with Gasteiger partial charge in [-0.25, -0.2) is 0 Å². The number of furan rings is 1. The van der Waals surface area contributed by atoms with Crippen molar-refractivity contribution >= 4 is 11.8 Å². The Morgan fingerprint density at radius 2 is 1.93 bits per heavy atom. The van der Waals surface area contributed by atoms with Gasteiger partial charge in [0.15, 0.2) is 11.5 Å². The van der Waals surface area contributed by atoms with Crippen LogP contribution < -0.4 is 4.74 Å². The standard InChI is InChI=1S/C31H38N4O5/c1-22-9-10-28(40-22)26-19-27(33-32-26)30(37)34-15-12-31(13-16-34)11-2-3-17-38-20-24-7-5-14-35(24)29(36)23-6-4-8-25(18-23)39-21-31/h4,6,8-10,18-19,24H,2-3,5,7,11-17,20-21H2,1H3,(H,32,33)/t24-/m0/s1. The van der Waals surface area contributed by atoms with Crippen LogP contribution in [0.5, 0.6) is 5.75 Å². The van der Waals surface area contributed by atoms with E-state index in [-0.39, 0.29) is 23.3 Å². The van der Waals surface area contributed by atoms with Crippen molar-refractivity contribution in [2.24, 2.45) is 5.41 Å². The number of H-pyrrole nitrogens is 1. The summed E-state index contributed by atoms with van der Waals surface area (Å²) >= 11 is 0. The van der Waals surface area contributed by atoms with Crippen molar-refractivity contribution in [2.45, 2.75) is 57.9 Å². The largest absolute Gasteiger partial charge is 0.493 e. The summed E-state index contributed by atoms with van der Waals surface area (Å²) in [4.78, 5) is 30.4. The first kappa shape index (κ1) is 26.6. The van der Waals surface area contributed by atoms with Crippen LogP contribution in [0.3, 0.4) is 0 Å². The van der Waals surface area contributed by atoms with E-state index in [1.165, 1.54) is 0 Å². The van der Waals surface area contributed by atoms with Crippen molar-refractivity contribution in [2.75, 3.05) is 39.5 Å². The topological polar surface area (TPSA) is 101 Å². The van der Waals surface area contributed by atoms with Gasteiger partial charge < -0.3 is 23.7 Å². The van der Waals surface area contributed by atoms with E-state index in [1.54, 1.807) is 6.07 Å². The van der Waals surface area contributed by atoms with E-state index in [2.05, 4.69) is 10.2 Å². The molecule has 1 aromatic carbocycles. The second-order valence-electron chi connectivity index (χ2n) is 11.5. The van der Waals surface area contributed by atoms with Crippen molar-refractivity contribution in [1.82, 2.24) is 20.0 Å². The predicted molar refractivity (Wildman–Crippen MR) is 149 cm³/mol. The number of nitrogens with zero attached hydrogens (tertiary/aromatic N) is 3. The quantitative estimate of drug-likeness (QED) is 0.481. The molecule has 3 aliphatic rings. The van der Waals surface area contributed by atoms with Gasteiger partial charge in [-0.1, -0.05) is 12.5 Å². The van der Waals surface area contributed by atoms with Crippen molar-refractivity contribution in [3.63, 3.8) is 0 Å². The van der Waals surface area contributed by atoms with E-state index in [9.17, 15) is 9.59 Å². The SMILES string of the molecule is Cc1ccc(-c2cc(C(=O)N3CCC4(CCCCOC[C@@H]5CCCN5C(=O)c5cccc(c5)OC4)CC3)n[nH]2)o1.